The maximum absolute atomic E-state index is 10.2. The summed E-state index contributed by atoms with van der Waals surface area (Å²) >= 11 is 5.91. The van der Waals surface area contributed by atoms with Crippen molar-refractivity contribution in [2.45, 2.75) is 19.1 Å². The summed E-state index contributed by atoms with van der Waals surface area (Å²) in [4.78, 5) is 0. The molecule has 3 aromatic carbocycles. The lowest BCUT2D eigenvalue weighted by molar-refractivity contribution is 0.105. The van der Waals surface area contributed by atoms with Gasteiger partial charge in [0.1, 0.15) is 18.5 Å². The predicted molar refractivity (Wildman–Crippen MR) is 103 cm³/mol. The standard InChI is InChI=1S/C21H22ClNO2/c1-15(16-9-11-18(22)12-10-16)23-13-19(24)14-25-21-8-4-6-17-5-2-3-7-20(17)21/h2-12,15,19,23-24H,13-14H2,1H3. The van der Waals surface area contributed by atoms with Crippen molar-refractivity contribution in [1.29, 1.82) is 0 Å². The molecule has 2 atom stereocenters. The van der Waals surface area contributed by atoms with Crippen LogP contribution in [0.2, 0.25) is 5.02 Å². The summed E-state index contributed by atoms with van der Waals surface area (Å²) < 4.78 is 5.83. The van der Waals surface area contributed by atoms with Gasteiger partial charge in [-0.15, -0.1) is 0 Å². The number of hydrogen-bond donors (Lipinski definition) is 2. The summed E-state index contributed by atoms with van der Waals surface area (Å²) in [5.74, 6) is 0.794. The minimum absolute atomic E-state index is 0.129. The third-order valence-corrected chi connectivity index (χ3v) is 4.46. The largest absolute Gasteiger partial charge is 0.490 e. The summed E-state index contributed by atoms with van der Waals surface area (Å²) in [5.41, 5.74) is 1.13. The Kier molecular flexibility index (Phi) is 5.92. The lowest BCUT2D eigenvalue weighted by Crippen LogP contribution is -2.33. The molecule has 0 heterocycles. The lowest BCUT2D eigenvalue weighted by atomic mass is 10.1. The first-order valence-corrected chi connectivity index (χ1v) is 8.79. The maximum Gasteiger partial charge on any atom is 0.127 e. The molecule has 25 heavy (non-hydrogen) atoms. The molecule has 0 aliphatic rings. The van der Waals surface area contributed by atoms with Gasteiger partial charge in [0, 0.05) is 23.0 Å². The Balaban J connectivity index is 1.52. The fraction of sp³-hybridized carbons (Fsp3) is 0.238. The van der Waals surface area contributed by atoms with Crippen molar-refractivity contribution in [2.24, 2.45) is 0 Å². The Labute approximate surface area is 153 Å². The summed E-state index contributed by atoms with van der Waals surface area (Å²) in [6.07, 6.45) is -0.589. The second kappa shape index (κ2) is 8.34. The number of nitrogens with one attached hydrogen (secondary N) is 1. The smallest absolute Gasteiger partial charge is 0.127 e. The molecule has 0 saturated heterocycles. The van der Waals surface area contributed by atoms with Gasteiger partial charge in [0.2, 0.25) is 0 Å². The minimum atomic E-state index is -0.589. The fourth-order valence-corrected chi connectivity index (χ4v) is 2.87. The second-order valence-electron chi connectivity index (χ2n) is 6.12. The number of aliphatic hydroxyl groups excluding tert-OH is 1. The van der Waals surface area contributed by atoms with Crippen molar-refractivity contribution in [3.8, 4) is 5.75 Å². The summed E-state index contributed by atoms with van der Waals surface area (Å²) in [7, 11) is 0. The van der Waals surface area contributed by atoms with Gasteiger partial charge in [-0.05, 0) is 36.1 Å². The number of benzene rings is 3. The normalized spacial score (nSPS) is 13.6. The predicted octanol–water partition coefficient (Wildman–Crippen LogP) is 4.58. The fourth-order valence-electron chi connectivity index (χ4n) is 2.75. The molecule has 3 nitrogen and oxygen atoms in total. The van der Waals surface area contributed by atoms with Crippen LogP contribution < -0.4 is 10.1 Å². The van der Waals surface area contributed by atoms with Gasteiger partial charge in [-0.1, -0.05) is 60.1 Å². The van der Waals surface area contributed by atoms with Crippen molar-refractivity contribution in [3.63, 3.8) is 0 Å². The third-order valence-electron chi connectivity index (χ3n) is 4.21. The molecular weight excluding hydrogens is 334 g/mol. The Morgan fingerprint density at radius 3 is 2.52 bits per heavy atom. The summed E-state index contributed by atoms with van der Waals surface area (Å²) in [6, 6.07) is 21.8. The van der Waals surface area contributed by atoms with E-state index >= 15 is 0 Å². The highest BCUT2D eigenvalue weighted by Crippen LogP contribution is 2.25. The summed E-state index contributed by atoms with van der Waals surface area (Å²) in [6.45, 7) is 2.75. The van der Waals surface area contributed by atoms with E-state index in [2.05, 4.69) is 12.2 Å². The van der Waals surface area contributed by atoms with Crippen LogP contribution in [0.1, 0.15) is 18.5 Å². The van der Waals surface area contributed by atoms with Crippen LogP contribution in [0.5, 0.6) is 5.75 Å². The molecule has 2 unspecified atom stereocenters. The van der Waals surface area contributed by atoms with Crippen molar-refractivity contribution in [3.05, 3.63) is 77.3 Å². The van der Waals surface area contributed by atoms with Crippen molar-refractivity contribution in [2.75, 3.05) is 13.2 Å². The van der Waals surface area contributed by atoms with Gasteiger partial charge >= 0.3 is 0 Å². The first kappa shape index (κ1) is 17.7. The number of rotatable bonds is 7. The zero-order valence-corrected chi connectivity index (χ0v) is 14.9. The topological polar surface area (TPSA) is 41.5 Å². The zero-order chi connectivity index (χ0) is 17.6. The van der Waals surface area contributed by atoms with E-state index in [1.54, 1.807) is 0 Å². The van der Waals surface area contributed by atoms with E-state index in [-0.39, 0.29) is 12.6 Å². The van der Waals surface area contributed by atoms with Gasteiger partial charge in [-0.25, -0.2) is 0 Å². The van der Waals surface area contributed by atoms with Crippen molar-refractivity contribution >= 4 is 22.4 Å². The van der Waals surface area contributed by atoms with E-state index in [4.69, 9.17) is 16.3 Å². The zero-order valence-electron chi connectivity index (χ0n) is 14.2. The third kappa shape index (κ3) is 4.73. The molecule has 3 rings (SSSR count). The molecule has 0 saturated carbocycles. The second-order valence-corrected chi connectivity index (χ2v) is 6.56. The number of halogens is 1. The highest BCUT2D eigenvalue weighted by Gasteiger charge is 2.10. The molecule has 0 aliphatic heterocycles. The van der Waals surface area contributed by atoms with Gasteiger partial charge in [0.25, 0.3) is 0 Å². The Hall–Kier alpha value is -2.07. The van der Waals surface area contributed by atoms with Crippen LogP contribution in [-0.4, -0.2) is 24.4 Å². The molecule has 2 N–H and O–H groups in total. The van der Waals surface area contributed by atoms with Gasteiger partial charge in [-0.3, -0.25) is 0 Å². The lowest BCUT2D eigenvalue weighted by Gasteiger charge is -2.18. The van der Waals surface area contributed by atoms with Gasteiger partial charge < -0.3 is 15.2 Å². The van der Waals surface area contributed by atoms with Crippen LogP contribution >= 0.6 is 11.6 Å². The molecule has 4 heteroatoms. The van der Waals surface area contributed by atoms with Gasteiger partial charge in [-0.2, -0.15) is 0 Å². The summed E-state index contributed by atoms with van der Waals surface area (Å²) in [5, 5.41) is 16.4. The Morgan fingerprint density at radius 1 is 1.00 bits per heavy atom. The average Bonchev–Trinajstić information content (AvgIpc) is 2.65. The van der Waals surface area contributed by atoms with Crippen LogP contribution in [0, 0.1) is 0 Å². The quantitative estimate of drug-likeness (QED) is 0.651. The first-order chi connectivity index (χ1) is 12.1. The Morgan fingerprint density at radius 2 is 1.72 bits per heavy atom. The van der Waals surface area contributed by atoms with Crippen LogP contribution in [0.15, 0.2) is 66.7 Å². The van der Waals surface area contributed by atoms with Crippen LogP contribution in [0.3, 0.4) is 0 Å². The number of hydrogen-bond acceptors (Lipinski definition) is 3. The first-order valence-electron chi connectivity index (χ1n) is 8.41. The van der Waals surface area contributed by atoms with Gasteiger partial charge in [0.05, 0.1) is 0 Å². The maximum atomic E-state index is 10.2. The van der Waals surface area contributed by atoms with E-state index in [9.17, 15) is 5.11 Å². The number of ether oxygens (including phenoxy) is 1. The van der Waals surface area contributed by atoms with Gasteiger partial charge in [0.15, 0.2) is 0 Å². The Bertz CT molecular complexity index is 814. The van der Waals surface area contributed by atoms with E-state index in [1.165, 1.54) is 0 Å². The molecular formula is C21H22ClNO2. The number of fused-ring (bicyclic) bond motifs is 1. The van der Waals surface area contributed by atoms with Crippen LogP contribution in [0.25, 0.3) is 10.8 Å². The molecule has 0 bridgehead atoms. The van der Waals surface area contributed by atoms with E-state index in [0.717, 1.165) is 27.1 Å². The molecule has 0 radical (unpaired) electrons. The van der Waals surface area contributed by atoms with Crippen molar-refractivity contribution in [1.82, 2.24) is 5.32 Å². The van der Waals surface area contributed by atoms with E-state index in [1.807, 2.05) is 66.7 Å². The average molecular weight is 356 g/mol. The SMILES string of the molecule is CC(NCC(O)COc1cccc2ccccc12)c1ccc(Cl)cc1. The van der Waals surface area contributed by atoms with Crippen molar-refractivity contribution < 1.29 is 9.84 Å². The van der Waals surface area contributed by atoms with Crippen LogP contribution in [-0.2, 0) is 0 Å². The molecule has 3 aromatic rings. The van der Waals surface area contributed by atoms with Crippen LogP contribution in [0.4, 0.5) is 0 Å². The molecule has 0 amide bonds. The molecule has 0 aliphatic carbocycles. The molecule has 0 aromatic heterocycles. The minimum Gasteiger partial charge on any atom is -0.490 e. The number of aliphatic hydroxyl groups is 1. The van der Waals surface area contributed by atoms with E-state index < -0.39 is 6.10 Å². The highest BCUT2D eigenvalue weighted by atomic mass is 35.5. The van der Waals surface area contributed by atoms with E-state index in [0.29, 0.717) is 6.54 Å². The molecule has 0 fully saturated rings. The molecule has 0 spiro atoms. The monoisotopic (exact) mass is 355 g/mol. The molecule has 130 valence electrons. The highest BCUT2D eigenvalue weighted by molar-refractivity contribution is 6.30.